The summed E-state index contributed by atoms with van der Waals surface area (Å²) in [5.41, 5.74) is 12.7. The number of amides is 1. The highest BCUT2D eigenvalue weighted by Crippen LogP contribution is 2.05. The second-order valence-electron chi connectivity index (χ2n) is 3.93. The van der Waals surface area contributed by atoms with Crippen LogP contribution in [0.3, 0.4) is 0 Å². The van der Waals surface area contributed by atoms with Gasteiger partial charge in [-0.15, -0.1) is 0 Å². The van der Waals surface area contributed by atoms with Crippen molar-refractivity contribution in [2.24, 2.45) is 11.5 Å². The molecule has 0 radical (unpaired) electrons. The van der Waals surface area contributed by atoms with Gasteiger partial charge in [0.15, 0.2) is 0 Å². The van der Waals surface area contributed by atoms with E-state index in [4.69, 9.17) is 11.5 Å². The fourth-order valence-electron chi connectivity index (χ4n) is 1.45. The molecule has 1 amide bonds. The molecule has 0 aromatic carbocycles. The Balaban J connectivity index is 2.85. The first-order valence-electron chi connectivity index (χ1n) is 5.38. The lowest BCUT2D eigenvalue weighted by molar-refractivity contribution is -0.117. The number of carbonyl (C=O) groups excluding carboxylic acids is 1. The molecule has 16 heavy (non-hydrogen) atoms. The van der Waals surface area contributed by atoms with Crippen LogP contribution in [-0.4, -0.2) is 21.9 Å². The molecule has 0 saturated heterocycles. The van der Waals surface area contributed by atoms with Crippen LogP contribution in [0.15, 0.2) is 6.07 Å². The van der Waals surface area contributed by atoms with Crippen molar-refractivity contribution in [3.05, 3.63) is 23.3 Å². The summed E-state index contributed by atoms with van der Waals surface area (Å²) in [5.74, 6) is 0.0575. The number of aryl methyl sites for hydroxylation is 1. The standard InChI is InChI=1S/C11H18N4O/c1-3-8(12)5-9-4-7(2)14-11(15-9)6-10(13)16/h4,8H,3,5-6,12H2,1-2H3,(H2,13,16). The van der Waals surface area contributed by atoms with Crippen LogP contribution in [0.25, 0.3) is 0 Å². The topological polar surface area (TPSA) is 94.9 Å². The lowest BCUT2D eigenvalue weighted by Crippen LogP contribution is -2.23. The number of carbonyl (C=O) groups is 1. The third-order valence-electron chi connectivity index (χ3n) is 2.28. The molecular weight excluding hydrogens is 204 g/mol. The van der Waals surface area contributed by atoms with Gasteiger partial charge in [0.25, 0.3) is 0 Å². The van der Waals surface area contributed by atoms with Gasteiger partial charge >= 0.3 is 0 Å². The molecular formula is C11H18N4O. The highest BCUT2D eigenvalue weighted by atomic mass is 16.1. The van der Waals surface area contributed by atoms with E-state index in [1.54, 1.807) is 0 Å². The number of hydrogen-bond acceptors (Lipinski definition) is 4. The molecule has 88 valence electrons. The molecule has 1 heterocycles. The second kappa shape index (κ2) is 5.55. The molecule has 0 bridgehead atoms. The summed E-state index contributed by atoms with van der Waals surface area (Å²) < 4.78 is 0. The van der Waals surface area contributed by atoms with Gasteiger partial charge in [0.2, 0.25) is 5.91 Å². The predicted octanol–water partition coefficient (Wildman–Crippen LogP) is 0.0926. The minimum Gasteiger partial charge on any atom is -0.369 e. The second-order valence-corrected chi connectivity index (χ2v) is 3.93. The summed E-state index contributed by atoms with van der Waals surface area (Å²) in [4.78, 5) is 19.2. The highest BCUT2D eigenvalue weighted by molar-refractivity contribution is 5.75. The maximum Gasteiger partial charge on any atom is 0.225 e. The SMILES string of the molecule is CCC(N)Cc1cc(C)nc(CC(N)=O)n1. The fraction of sp³-hybridized carbons (Fsp3) is 0.545. The van der Waals surface area contributed by atoms with Crippen molar-refractivity contribution in [1.29, 1.82) is 0 Å². The van der Waals surface area contributed by atoms with Gasteiger partial charge < -0.3 is 11.5 Å². The van der Waals surface area contributed by atoms with Crippen LogP contribution in [0, 0.1) is 6.92 Å². The Morgan fingerprint density at radius 3 is 2.75 bits per heavy atom. The highest BCUT2D eigenvalue weighted by Gasteiger charge is 2.08. The summed E-state index contributed by atoms with van der Waals surface area (Å²) in [6, 6.07) is 1.98. The van der Waals surface area contributed by atoms with Crippen LogP contribution < -0.4 is 11.5 Å². The Morgan fingerprint density at radius 2 is 2.19 bits per heavy atom. The normalized spacial score (nSPS) is 12.4. The number of aromatic nitrogens is 2. The minimum absolute atomic E-state index is 0.0794. The van der Waals surface area contributed by atoms with Crippen LogP contribution in [0.2, 0.25) is 0 Å². The summed E-state index contributed by atoms with van der Waals surface area (Å²) in [6.07, 6.45) is 1.68. The Labute approximate surface area is 95.3 Å². The molecule has 1 aromatic heterocycles. The molecule has 1 unspecified atom stereocenters. The molecule has 4 N–H and O–H groups in total. The first kappa shape index (κ1) is 12.6. The zero-order valence-electron chi connectivity index (χ0n) is 9.73. The number of primary amides is 1. The van der Waals surface area contributed by atoms with Crippen molar-refractivity contribution >= 4 is 5.91 Å². The van der Waals surface area contributed by atoms with E-state index in [1.807, 2.05) is 19.9 Å². The smallest absolute Gasteiger partial charge is 0.225 e. The maximum absolute atomic E-state index is 10.8. The van der Waals surface area contributed by atoms with E-state index in [-0.39, 0.29) is 12.5 Å². The van der Waals surface area contributed by atoms with Gasteiger partial charge in [-0.05, 0) is 19.4 Å². The van der Waals surface area contributed by atoms with Crippen molar-refractivity contribution in [3.8, 4) is 0 Å². The Morgan fingerprint density at radius 1 is 1.50 bits per heavy atom. The third-order valence-corrected chi connectivity index (χ3v) is 2.28. The van der Waals surface area contributed by atoms with Crippen molar-refractivity contribution in [1.82, 2.24) is 9.97 Å². The average Bonchev–Trinajstić information content (AvgIpc) is 2.15. The number of hydrogen-bond donors (Lipinski definition) is 2. The van der Waals surface area contributed by atoms with Gasteiger partial charge in [-0.2, -0.15) is 0 Å². The minimum atomic E-state index is -0.420. The molecule has 0 saturated carbocycles. The first-order valence-corrected chi connectivity index (χ1v) is 5.38. The molecule has 0 aliphatic carbocycles. The molecule has 5 nitrogen and oxygen atoms in total. The van der Waals surface area contributed by atoms with Gasteiger partial charge in [-0.3, -0.25) is 4.79 Å². The van der Waals surface area contributed by atoms with E-state index in [2.05, 4.69) is 9.97 Å². The van der Waals surface area contributed by atoms with Crippen LogP contribution in [0.5, 0.6) is 0 Å². The van der Waals surface area contributed by atoms with Gasteiger partial charge in [0.1, 0.15) is 5.82 Å². The van der Waals surface area contributed by atoms with E-state index in [1.165, 1.54) is 0 Å². The lowest BCUT2D eigenvalue weighted by Gasteiger charge is -2.09. The molecule has 1 aromatic rings. The van der Waals surface area contributed by atoms with Gasteiger partial charge in [0, 0.05) is 23.9 Å². The molecule has 1 rings (SSSR count). The van der Waals surface area contributed by atoms with Gasteiger partial charge in [0.05, 0.1) is 6.42 Å². The van der Waals surface area contributed by atoms with E-state index in [0.717, 1.165) is 17.8 Å². The van der Waals surface area contributed by atoms with Gasteiger partial charge in [-0.25, -0.2) is 9.97 Å². The number of rotatable bonds is 5. The third kappa shape index (κ3) is 3.94. The maximum atomic E-state index is 10.8. The van der Waals surface area contributed by atoms with Crippen LogP contribution in [0.1, 0.15) is 30.6 Å². The number of nitrogens with two attached hydrogens (primary N) is 2. The van der Waals surface area contributed by atoms with Crippen LogP contribution >= 0.6 is 0 Å². The summed E-state index contributed by atoms with van der Waals surface area (Å²) in [7, 11) is 0. The fourth-order valence-corrected chi connectivity index (χ4v) is 1.45. The molecule has 1 atom stereocenters. The molecule has 5 heteroatoms. The Hall–Kier alpha value is -1.49. The molecule has 0 fully saturated rings. The van der Waals surface area contributed by atoms with E-state index < -0.39 is 5.91 Å². The van der Waals surface area contributed by atoms with E-state index in [9.17, 15) is 4.79 Å². The first-order chi connectivity index (χ1) is 7.51. The van der Waals surface area contributed by atoms with Crippen LogP contribution in [-0.2, 0) is 17.6 Å². The van der Waals surface area contributed by atoms with Crippen molar-refractivity contribution < 1.29 is 4.79 Å². The number of nitrogens with zero attached hydrogens (tertiary/aromatic N) is 2. The monoisotopic (exact) mass is 222 g/mol. The quantitative estimate of drug-likeness (QED) is 0.738. The summed E-state index contributed by atoms with van der Waals surface area (Å²) in [5, 5.41) is 0. The zero-order chi connectivity index (χ0) is 12.1. The van der Waals surface area contributed by atoms with Crippen molar-refractivity contribution in [2.45, 2.75) is 39.2 Å². The predicted molar refractivity (Wildman–Crippen MR) is 61.6 cm³/mol. The average molecular weight is 222 g/mol. The molecule has 0 aliphatic heterocycles. The summed E-state index contributed by atoms with van der Waals surface area (Å²) >= 11 is 0. The summed E-state index contributed by atoms with van der Waals surface area (Å²) in [6.45, 7) is 3.90. The lowest BCUT2D eigenvalue weighted by atomic mass is 10.1. The van der Waals surface area contributed by atoms with Crippen LogP contribution in [0.4, 0.5) is 0 Å². The van der Waals surface area contributed by atoms with Crippen molar-refractivity contribution in [3.63, 3.8) is 0 Å². The Bertz CT molecular complexity index is 378. The van der Waals surface area contributed by atoms with E-state index >= 15 is 0 Å². The molecule has 0 aliphatic rings. The Kier molecular flexibility index (Phi) is 4.37. The molecule has 0 spiro atoms. The van der Waals surface area contributed by atoms with E-state index in [0.29, 0.717) is 12.2 Å². The largest absolute Gasteiger partial charge is 0.369 e. The zero-order valence-corrected chi connectivity index (χ0v) is 9.73. The van der Waals surface area contributed by atoms with Crippen molar-refractivity contribution in [2.75, 3.05) is 0 Å². The van der Waals surface area contributed by atoms with Gasteiger partial charge in [-0.1, -0.05) is 6.92 Å².